The summed E-state index contributed by atoms with van der Waals surface area (Å²) in [4.78, 5) is 19.9. The Hall–Kier alpha value is -3.00. The molecule has 3 heterocycles. The second-order valence-corrected chi connectivity index (χ2v) is 9.41. The van der Waals surface area contributed by atoms with Crippen molar-refractivity contribution in [3.63, 3.8) is 0 Å². The molecule has 1 saturated heterocycles. The first-order chi connectivity index (χ1) is 17.7. The summed E-state index contributed by atoms with van der Waals surface area (Å²) in [5, 5.41) is 0. The molecule has 2 aromatic heterocycles. The van der Waals surface area contributed by atoms with Crippen LogP contribution in [0.25, 0.3) is 16.8 Å². The van der Waals surface area contributed by atoms with Gasteiger partial charge in [-0.1, -0.05) is 46.1 Å². The summed E-state index contributed by atoms with van der Waals surface area (Å²) >= 11 is 0. The van der Waals surface area contributed by atoms with E-state index in [1.54, 1.807) is 10.6 Å². The lowest BCUT2D eigenvalue weighted by Crippen LogP contribution is -2.48. The molecule has 0 radical (unpaired) electrons. The first-order valence-corrected chi connectivity index (χ1v) is 13.4. The van der Waals surface area contributed by atoms with Crippen LogP contribution in [0, 0.1) is 5.92 Å². The molecule has 8 nitrogen and oxygen atoms in total. The third-order valence-electron chi connectivity index (χ3n) is 6.42. The minimum absolute atomic E-state index is 0.376. The van der Waals surface area contributed by atoms with Crippen molar-refractivity contribution in [2.45, 2.75) is 59.3 Å². The van der Waals surface area contributed by atoms with E-state index < -0.39 is 5.76 Å². The van der Waals surface area contributed by atoms with Gasteiger partial charge in [0.1, 0.15) is 5.69 Å². The Morgan fingerprint density at radius 3 is 2.39 bits per heavy atom. The van der Waals surface area contributed by atoms with Crippen LogP contribution >= 0.6 is 0 Å². The predicted octanol–water partition coefficient (Wildman–Crippen LogP) is 5.59. The fourth-order valence-electron chi connectivity index (χ4n) is 4.28. The Morgan fingerprint density at radius 2 is 1.64 bits per heavy atom. The van der Waals surface area contributed by atoms with Crippen LogP contribution in [-0.2, 0) is 4.74 Å². The average Bonchev–Trinajstić information content (AvgIpc) is 3.19. The molecular formula is C28H39N3O5. The number of oxazole rings is 1. The fraction of sp³-hybridized carbons (Fsp3) is 0.571. The summed E-state index contributed by atoms with van der Waals surface area (Å²) in [5.41, 5.74) is 2.76. The highest BCUT2D eigenvalue weighted by molar-refractivity contribution is 5.88. The third-order valence-corrected chi connectivity index (χ3v) is 6.42. The molecule has 0 aliphatic carbocycles. The van der Waals surface area contributed by atoms with Gasteiger partial charge >= 0.3 is 5.76 Å². The Kier molecular flexibility index (Phi) is 9.28. The van der Waals surface area contributed by atoms with E-state index in [2.05, 4.69) is 30.7 Å². The van der Waals surface area contributed by atoms with E-state index in [4.69, 9.17) is 18.6 Å². The number of pyridine rings is 1. The number of hydrogen-bond donors (Lipinski definition) is 0. The maximum absolute atomic E-state index is 13.1. The van der Waals surface area contributed by atoms with Crippen molar-refractivity contribution in [1.82, 2.24) is 9.55 Å². The molecule has 0 N–H and O–H groups in total. The molecule has 1 aliphatic heterocycles. The summed E-state index contributed by atoms with van der Waals surface area (Å²) < 4.78 is 24.9. The molecule has 1 aromatic carbocycles. The summed E-state index contributed by atoms with van der Waals surface area (Å²) in [5.74, 6) is 0.905. The lowest BCUT2D eigenvalue weighted by atomic mass is 10.00. The number of ether oxygens (including phenoxy) is 3. The van der Waals surface area contributed by atoms with Gasteiger partial charge in [-0.05, 0) is 37.5 Å². The van der Waals surface area contributed by atoms with E-state index in [-0.39, 0.29) is 0 Å². The van der Waals surface area contributed by atoms with E-state index >= 15 is 0 Å². The highest BCUT2D eigenvalue weighted by Gasteiger charge is 2.30. The molecule has 0 bridgehead atoms. The Labute approximate surface area is 213 Å². The van der Waals surface area contributed by atoms with Gasteiger partial charge in [0.25, 0.3) is 0 Å². The lowest BCUT2D eigenvalue weighted by Gasteiger charge is -2.40. The van der Waals surface area contributed by atoms with Crippen molar-refractivity contribution in [2.24, 2.45) is 5.92 Å². The first-order valence-electron chi connectivity index (χ1n) is 13.4. The average molecular weight is 498 g/mol. The van der Waals surface area contributed by atoms with Crippen LogP contribution in [-0.4, -0.2) is 49.1 Å². The van der Waals surface area contributed by atoms with Crippen molar-refractivity contribution in [2.75, 3.05) is 44.4 Å². The van der Waals surface area contributed by atoms with Gasteiger partial charge in [-0.2, -0.15) is 4.98 Å². The molecule has 3 aromatic rings. The molecule has 1 fully saturated rings. The second kappa shape index (κ2) is 12.8. The molecule has 8 heteroatoms. The van der Waals surface area contributed by atoms with Crippen LogP contribution in [0.4, 0.5) is 5.69 Å². The number of unbranched alkanes of at least 4 members (excludes halogenated alkanes) is 3. The standard InChI is InChI=1S/C28H39N3O5/c1-4-7-15-33-20-21-18-30(19-21)22-11-10-12-23-26(22)36-28(32)31(23)24-13-14-25(34-16-8-5-2)29-27(24)35-17-9-6-3/h10-14,21H,4-9,15-20H2,1-3H3. The number of rotatable bonds is 15. The number of hydrogen-bond acceptors (Lipinski definition) is 7. The van der Waals surface area contributed by atoms with Crippen molar-refractivity contribution < 1.29 is 18.6 Å². The van der Waals surface area contributed by atoms with Gasteiger partial charge in [0.2, 0.25) is 11.8 Å². The summed E-state index contributed by atoms with van der Waals surface area (Å²) in [6.07, 6.45) is 6.13. The summed E-state index contributed by atoms with van der Waals surface area (Å²) in [6, 6.07) is 9.47. The van der Waals surface area contributed by atoms with Gasteiger partial charge in [-0.15, -0.1) is 0 Å². The highest BCUT2D eigenvalue weighted by Crippen LogP contribution is 2.34. The van der Waals surface area contributed by atoms with Gasteiger partial charge in [0.15, 0.2) is 5.58 Å². The molecule has 0 spiro atoms. The molecule has 36 heavy (non-hydrogen) atoms. The molecule has 4 rings (SSSR count). The Morgan fingerprint density at radius 1 is 0.917 bits per heavy atom. The maximum atomic E-state index is 13.1. The zero-order valence-corrected chi connectivity index (χ0v) is 21.8. The van der Waals surface area contributed by atoms with Gasteiger partial charge in [-0.3, -0.25) is 0 Å². The quantitative estimate of drug-likeness (QED) is 0.253. The molecule has 0 saturated carbocycles. The molecule has 0 atom stereocenters. The van der Waals surface area contributed by atoms with E-state index in [1.165, 1.54) is 0 Å². The van der Waals surface area contributed by atoms with Crippen LogP contribution in [0.3, 0.4) is 0 Å². The van der Waals surface area contributed by atoms with Crippen LogP contribution in [0.5, 0.6) is 11.8 Å². The van der Waals surface area contributed by atoms with Gasteiger partial charge < -0.3 is 23.5 Å². The van der Waals surface area contributed by atoms with Gasteiger partial charge in [0, 0.05) is 31.7 Å². The maximum Gasteiger partial charge on any atom is 0.424 e. The molecule has 0 amide bonds. The zero-order valence-electron chi connectivity index (χ0n) is 21.8. The predicted molar refractivity (Wildman–Crippen MR) is 142 cm³/mol. The van der Waals surface area contributed by atoms with Gasteiger partial charge in [-0.25, -0.2) is 9.36 Å². The third kappa shape index (κ3) is 6.03. The minimum Gasteiger partial charge on any atom is -0.478 e. The normalized spacial score (nSPS) is 13.8. The van der Waals surface area contributed by atoms with E-state index in [1.807, 2.05) is 24.3 Å². The van der Waals surface area contributed by atoms with Crippen LogP contribution < -0.4 is 20.1 Å². The SMILES string of the molecule is CCCCOCC1CN(c2cccc3c2oc(=O)n3-c2ccc(OCCCC)nc2OCCCC)C1. The molecular weight excluding hydrogens is 458 g/mol. The smallest absolute Gasteiger partial charge is 0.424 e. The summed E-state index contributed by atoms with van der Waals surface area (Å²) in [6.45, 7) is 10.9. The van der Waals surface area contributed by atoms with Crippen molar-refractivity contribution in [3.8, 4) is 17.4 Å². The largest absolute Gasteiger partial charge is 0.478 e. The number of nitrogens with zero attached hydrogens (tertiary/aromatic N) is 3. The fourth-order valence-corrected chi connectivity index (χ4v) is 4.28. The number of benzene rings is 1. The second-order valence-electron chi connectivity index (χ2n) is 9.41. The monoisotopic (exact) mass is 497 g/mol. The Balaban J connectivity index is 1.58. The lowest BCUT2D eigenvalue weighted by molar-refractivity contribution is 0.0870. The van der Waals surface area contributed by atoms with Crippen LogP contribution in [0.15, 0.2) is 39.5 Å². The minimum atomic E-state index is -0.459. The number of para-hydroxylation sites is 1. The Bertz CT molecular complexity index is 1170. The zero-order chi connectivity index (χ0) is 25.3. The molecule has 1 aliphatic rings. The number of aromatic nitrogens is 2. The number of fused-ring (bicyclic) bond motifs is 1. The van der Waals surface area contributed by atoms with E-state index in [9.17, 15) is 4.79 Å². The van der Waals surface area contributed by atoms with E-state index in [0.717, 1.165) is 70.5 Å². The van der Waals surface area contributed by atoms with Crippen molar-refractivity contribution in [3.05, 3.63) is 40.9 Å². The van der Waals surface area contributed by atoms with Crippen LogP contribution in [0.2, 0.25) is 0 Å². The summed E-state index contributed by atoms with van der Waals surface area (Å²) in [7, 11) is 0. The first kappa shape index (κ1) is 26.1. The topological polar surface area (TPSA) is 79.0 Å². The number of anilines is 1. The van der Waals surface area contributed by atoms with E-state index in [0.29, 0.717) is 47.7 Å². The van der Waals surface area contributed by atoms with Crippen molar-refractivity contribution in [1.29, 1.82) is 0 Å². The molecule has 196 valence electrons. The molecule has 0 unspecified atom stereocenters. The van der Waals surface area contributed by atoms with Gasteiger partial charge in [0.05, 0.1) is 31.0 Å². The van der Waals surface area contributed by atoms with Crippen LogP contribution in [0.1, 0.15) is 59.3 Å². The highest BCUT2D eigenvalue weighted by atomic mass is 16.5. The van der Waals surface area contributed by atoms with Crippen molar-refractivity contribution >= 4 is 16.8 Å².